The number of amides is 1. The summed E-state index contributed by atoms with van der Waals surface area (Å²) >= 11 is 3.43. The second kappa shape index (κ2) is 7.49. The average Bonchev–Trinajstić information content (AvgIpc) is 2.90. The van der Waals surface area contributed by atoms with Crippen molar-refractivity contribution in [3.63, 3.8) is 0 Å². The third-order valence-corrected chi connectivity index (χ3v) is 4.58. The van der Waals surface area contributed by atoms with Crippen LogP contribution in [0.4, 0.5) is 0 Å². The van der Waals surface area contributed by atoms with Gasteiger partial charge in [0.05, 0.1) is 0 Å². The molecule has 4 nitrogen and oxygen atoms in total. The summed E-state index contributed by atoms with van der Waals surface area (Å²) in [7, 11) is 1.98. The highest BCUT2D eigenvalue weighted by Crippen LogP contribution is 2.25. The molecule has 1 fully saturated rings. The van der Waals surface area contributed by atoms with Crippen molar-refractivity contribution in [2.45, 2.75) is 12.8 Å². The molecule has 1 aromatic carbocycles. The van der Waals surface area contributed by atoms with Gasteiger partial charge in [-0.15, -0.1) is 12.4 Å². The quantitative estimate of drug-likeness (QED) is 0.873. The SMILES string of the molecule is CNCC1CCN(C(=O)c2cc3cc(Br)ccc3o2)CC1.Cl. The molecule has 22 heavy (non-hydrogen) atoms. The van der Waals surface area contributed by atoms with Gasteiger partial charge >= 0.3 is 0 Å². The van der Waals surface area contributed by atoms with E-state index in [9.17, 15) is 4.79 Å². The minimum absolute atomic E-state index is 0. The van der Waals surface area contributed by atoms with Crippen molar-refractivity contribution in [3.8, 4) is 0 Å². The van der Waals surface area contributed by atoms with Crippen LogP contribution in [-0.2, 0) is 0 Å². The maximum atomic E-state index is 12.5. The fourth-order valence-electron chi connectivity index (χ4n) is 2.90. The van der Waals surface area contributed by atoms with E-state index in [0.717, 1.165) is 47.9 Å². The molecular formula is C16H20BrClN2O2. The lowest BCUT2D eigenvalue weighted by Gasteiger charge is -2.31. The van der Waals surface area contributed by atoms with Gasteiger partial charge in [-0.25, -0.2) is 0 Å². The van der Waals surface area contributed by atoms with Crippen LogP contribution in [0, 0.1) is 5.92 Å². The van der Waals surface area contributed by atoms with E-state index in [0.29, 0.717) is 11.7 Å². The summed E-state index contributed by atoms with van der Waals surface area (Å²) in [5.41, 5.74) is 0.756. The number of hydrogen-bond donors (Lipinski definition) is 1. The zero-order chi connectivity index (χ0) is 14.8. The molecule has 0 atom stereocenters. The Labute approximate surface area is 144 Å². The molecule has 0 radical (unpaired) electrons. The van der Waals surface area contributed by atoms with E-state index < -0.39 is 0 Å². The number of nitrogens with zero attached hydrogens (tertiary/aromatic N) is 1. The summed E-state index contributed by atoms with van der Waals surface area (Å²) in [6, 6.07) is 7.61. The number of fused-ring (bicyclic) bond motifs is 1. The van der Waals surface area contributed by atoms with Crippen LogP contribution in [0.5, 0.6) is 0 Å². The van der Waals surface area contributed by atoms with Gasteiger partial charge in [0.25, 0.3) is 5.91 Å². The smallest absolute Gasteiger partial charge is 0.289 e. The van der Waals surface area contributed by atoms with E-state index in [1.807, 2.05) is 36.2 Å². The molecule has 0 aliphatic carbocycles. The molecule has 1 aromatic heterocycles. The fourth-order valence-corrected chi connectivity index (χ4v) is 3.28. The van der Waals surface area contributed by atoms with Gasteiger partial charge in [-0.2, -0.15) is 0 Å². The number of piperidine rings is 1. The van der Waals surface area contributed by atoms with E-state index in [4.69, 9.17) is 4.42 Å². The van der Waals surface area contributed by atoms with Crippen LogP contribution in [0.3, 0.4) is 0 Å². The second-order valence-electron chi connectivity index (χ2n) is 5.59. The van der Waals surface area contributed by atoms with Crippen molar-refractivity contribution < 1.29 is 9.21 Å². The number of halogens is 2. The van der Waals surface area contributed by atoms with E-state index in [1.54, 1.807) is 0 Å². The normalized spacial score (nSPS) is 15.8. The molecule has 0 unspecified atom stereocenters. The molecule has 0 saturated carbocycles. The van der Waals surface area contributed by atoms with E-state index >= 15 is 0 Å². The number of carbonyl (C=O) groups is 1. The average molecular weight is 388 g/mol. The lowest BCUT2D eigenvalue weighted by Crippen LogP contribution is -2.40. The Kier molecular flexibility index (Phi) is 5.89. The number of hydrogen-bond acceptors (Lipinski definition) is 3. The summed E-state index contributed by atoms with van der Waals surface area (Å²) in [4.78, 5) is 14.4. The summed E-state index contributed by atoms with van der Waals surface area (Å²) < 4.78 is 6.68. The summed E-state index contributed by atoms with van der Waals surface area (Å²) in [6.45, 7) is 2.65. The Morgan fingerprint density at radius 2 is 2.09 bits per heavy atom. The first-order chi connectivity index (χ1) is 10.2. The standard InChI is InChI=1S/C16H19BrN2O2.ClH/c1-18-10-11-4-6-19(7-5-11)16(20)15-9-12-8-13(17)2-3-14(12)21-15;/h2-3,8-9,11,18H,4-7,10H2,1H3;1H. The first-order valence-electron chi connectivity index (χ1n) is 7.30. The molecule has 1 saturated heterocycles. The third-order valence-electron chi connectivity index (χ3n) is 4.08. The van der Waals surface area contributed by atoms with Gasteiger partial charge in [0.2, 0.25) is 0 Å². The summed E-state index contributed by atoms with van der Waals surface area (Å²) in [6.07, 6.45) is 2.11. The molecule has 2 aromatic rings. The number of nitrogens with one attached hydrogen (secondary N) is 1. The van der Waals surface area contributed by atoms with Gasteiger partial charge in [0.15, 0.2) is 5.76 Å². The van der Waals surface area contributed by atoms with Crippen molar-refractivity contribution in [3.05, 3.63) is 34.5 Å². The number of furan rings is 1. The van der Waals surface area contributed by atoms with E-state index in [1.165, 1.54) is 0 Å². The van der Waals surface area contributed by atoms with Gasteiger partial charge in [-0.05, 0) is 56.6 Å². The summed E-state index contributed by atoms with van der Waals surface area (Å²) in [5, 5.41) is 4.17. The van der Waals surface area contributed by atoms with Crippen LogP contribution in [-0.4, -0.2) is 37.5 Å². The first kappa shape index (κ1) is 17.3. The number of rotatable bonds is 3. The highest BCUT2D eigenvalue weighted by molar-refractivity contribution is 9.10. The molecule has 1 aliphatic rings. The first-order valence-corrected chi connectivity index (χ1v) is 8.09. The van der Waals surface area contributed by atoms with Crippen molar-refractivity contribution in [2.24, 2.45) is 5.92 Å². The molecule has 120 valence electrons. The molecular weight excluding hydrogens is 368 g/mol. The molecule has 0 bridgehead atoms. The Morgan fingerprint density at radius 3 is 2.77 bits per heavy atom. The lowest BCUT2D eigenvalue weighted by molar-refractivity contribution is 0.0661. The summed E-state index contributed by atoms with van der Waals surface area (Å²) in [5.74, 6) is 1.12. The van der Waals surface area contributed by atoms with Gasteiger partial charge in [-0.1, -0.05) is 15.9 Å². The van der Waals surface area contributed by atoms with Gasteiger partial charge in [0, 0.05) is 22.9 Å². The number of carbonyl (C=O) groups excluding carboxylic acids is 1. The van der Waals surface area contributed by atoms with Crippen molar-refractivity contribution >= 4 is 45.2 Å². The van der Waals surface area contributed by atoms with Gasteiger partial charge < -0.3 is 14.6 Å². The molecule has 3 rings (SSSR count). The van der Waals surface area contributed by atoms with Crippen LogP contribution in [0.25, 0.3) is 11.0 Å². The maximum Gasteiger partial charge on any atom is 0.289 e. The topological polar surface area (TPSA) is 45.5 Å². The van der Waals surface area contributed by atoms with E-state index in [2.05, 4.69) is 21.2 Å². The van der Waals surface area contributed by atoms with Crippen LogP contribution < -0.4 is 5.32 Å². The molecule has 1 N–H and O–H groups in total. The van der Waals surface area contributed by atoms with Gasteiger partial charge in [0.1, 0.15) is 5.58 Å². The maximum absolute atomic E-state index is 12.5. The molecule has 6 heteroatoms. The lowest BCUT2D eigenvalue weighted by atomic mass is 9.97. The number of likely N-dealkylation sites (tertiary alicyclic amines) is 1. The Hall–Kier alpha value is -1.04. The third kappa shape index (κ3) is 3.65. The Balaban J connectivity index is 0.00000176. The predicted octanol–water partition coefficient (Wildman–Crippen LogP) is 3.69. The van der Waals surface area contributed by atoms with Crippen molar-refractivity contribution in [2.75, 3.05) is 26.7 Å². The predicted molar refractivity (Wildman–Crippen MR) is 93.7 cm³/mol. The van der Waals surface area contributed by atoms with Crippen LogP contribution >= 0.6 is 28.3 Å². The van der Waals surface area contributed by atoms with E-state index in [-0.39, 0.29) is 18.3 Å². The second-order valence-corrected chi connectivity index (χ2v) is 6.50. The van der Waals surface area contributed by atoms with Crippen LogP contribution in [0.1, 0.15) is 23.4 Å². The Morgan fingerprint density at radius 1 is 1.36 bits per heavy atom. The fraction of sp³-hybridized carbons (Fsp3) is 0.438. The molecule has 2 heterocycles. The number of benzene rings is 1. The zero-order valence-electron chi connectivity index (χ0n) is 12.5. The molecule has 0 spiro atoms. The Bertz CT molecular complexity index is 651. The molecule has 1 amide bonds. The zero-order valence-corrected chi connectivity index (χ0v) is 14.9. The minimum atomic E-state index is 0. The highest BCUT2D eigenvalue weighted by atomic mass is 79.9. The minimum Gasteiger partial charge on any atom is -0.451 e. The van der Waals surface area contributed by atoms with Crippen molar-refractivity contribution in [1.29, 1.82) is 0 Å². The van der Waals surface area contributed by atoms with Crippen LogP contribution in [0.2, 0.25) is 0 Å². The monoisotopic (exact) mass is 386 g/mol. The van der Waals surface area contributed by atoms with Gasteiger partial charge in [-0.3, -0.25) is 4.79 Å². The highest BCUT2D eigenvalue weighted by Gasteiger charge is 2.25. The van der Waals surface area contributed by atoms with Crippen LogP contribution in [0.15, 0.2) is 33.2 Å². The van der Waals surface area contributed by atoms with Crippen molar-refractivity contribution in [1.82, 2.24) is 10.2 Å². The largest absolute Gasteiger partial charge is 0.451 e. The molecule has 1 aliphatic heterocycles.